The van der Waals surface area contributed by atoms with Crippen molar-refractivity contribution < 1.29 is 29.0 Å². The number of para-hydroxylation sites is 2. The number of hydrogen-bond acceptors (Lipinski definition) is 9. The number of nitrogen functional groups attached to an aromatic ring is 1. The molecule has 3 aromatic carbocycles. The van der Waals surface area contributed by atoms with Gasteiger partial charge < -0.3 is 35.8 Å². The number of benzene rings is 3. The van der Waals surface area contributed by atoms with Gasteiger partial charge in [-0.25, -0.2) is 0 Å². The minimum absolute atomic E-state index is 0.0513. The van der Waals surface area contributed by atoms with Crippen molar-refractivity contribution in [3.05, 3.63) is 83.4 Å². The molecule has 1 fully saturated rings. The van der Waals surface area contributed by atoms with Crippen LogP contribution in [-0.2, 0) is 16.1 Å². The summed E-state index contributed by atoms with van der Waals surface area (Å²) in [6, 6.07) is 19.3. The first kappa shape index (κ1) is 35.8. The fourth-order valence-electron chi connectivity index (χ4n) is 6.08. The lowest BCUT2D eigenvalue weighted by Crippen LogP contribution is -2.49. The molecule has 3 amide bonds. The second-order valence-corrected chi connectivity index (χ2v) is 13.0. The molecule has 2 heterocycles. The molecule has 2 aliphatic rings. The van der Waals surface area contributed by atoms with Gasteiger partial charge in [0.05, 0.1) is 42.8 Å². The van der Waals surface area contributed by atoms with Gasteiger partial charge in [-0.1, -0.05) is 31.2 Å². The Hall–Kier alpha value is -4.49. The summed E-state index contributed by atoms with van der Waals surface area (Å²) >= 11 is 0. The van der Waals surface area contributed by atoms with Crippen LogP contribution in [-0.4, -0.2) is 109 Å². The van der Waals surface area contributed by atoms with Crippen molar-refractivity contribution in [2.24, 2.45) is 5.92 Å². The first-order chi connectivity index (χ1) is 23.6. The lowest BCUT2D eigenvalue weighted by atomic mass is 9.99. The zero-order valence-corrected chi connectivity index (χ0v) is 28.6. The molecule has 1 saturated heterocycles. The van der Waals surface area contributed by atoms with Gasteiger partial charge in [0.15, 0.2) is 0 Å². The van der Waals surface area contributed by atoms with E-state index in [2.05, 4.69) is 20.4 Å². The van der Waals surface area contributed by atoms with Crippen molar-refractivity contribution in [3.63, 3.8) is 0 Å². The van der Waals surface area contributed by atoms with E-state index in [9.17, 15) is 19.5 Å². The van der Waals surface area contributed by atoms with Crippen LogP contribution in [0.1, 0.15) is 46.5 Å². The molecule has 12 heteroatoms. The number of rotatable bonds is 12. The lowest BCUT2D eigenvalue weighted by molar-refractivity contribution is -0.116. The van der Waals surface area contributed by atoms with Crippen LogP contribution < -0.4 is 21.1 Å². The summed E-state index contributed by atoms with van der Waals surface area (Å²) in [4.78, 5) is 45.4. The molecule has 0 radical (unpaired) electrons. The first-order valence-corrected chi connectivity index (χ1v) is 16.9. The van der Waals surface area contributed by atoms with E-state index < -0.39 is 6.04 Å². The highest BCUT2D eigenvalue weighted by atomic mass is 16.5. The van der Waals surface area contributed by atoms with Gasteiger partial charge in [0.25, 0.3) is 11.8 Å². The van der Waals surface area contributed by atoms with E-state index in [0.29, 0.717) is 79.8 Å². The van der Waals surface area contributed by atoms with Crippen molar-refractivity contribution >= 4 is 34.8 Å². The quantitative estimate of drug-likeness (QED) is 0.212. The summed E-state index contributed by atoms with van der Waals surface area (Å²) in [7, 11) is 2.00. The number of likely N-dealkylation sites (N-methyl/N-ethyl adjacent to an activating group) is 1. The van der Waals surface area contributed by atoms with Gasteiger partial charge in [0, 0.05) is 62.9 Å². The van der Waals surface area contributed by atoms with Crippen LogP contribution in [0.15, 0.2) is 66.7 Å². The number of morpholine rings is 1. The molecular weight excluding hydrogens is 624 g/mol. The van der Waals surface area contributed by atoms with Crippen LogP contribution in [0.3, 0.4) is 0 Å². The second kappa shape index (κ2) is 16.8. The van der Waals surface area contributed by atoms with E-state index in [1.165, 1.54) is 0 Å². The summed E-state index contributed by atoms with van der Waals surface area (Å²) < 4.78 is 11.9. The minimum atomic E-state index is -0.403. The number of aliphatic hydroxyl groups is 1. The lowest BCUT2D eigenvalue weighted by Gasteiger charge is -2.38. The van der Waals surface area contributed by atoms with Crippen LogP contribution in [0, 0.1) is 5.92 Å². The number of amides is 3. The molecular formula is C37H48N6O6. The molecule has 3 aromatic rings. The van der Waals surface area contributed by atoms with E-state index in [1.54, 1.807) is 47.4 Å². The molecule has 2 aliphatic heterocycles. The first-order valence-electron chi connectivity index (χ1n) is 16.9. The van der Waals surface area contributed by atoms with E-state index in [1.807, 2.05) is 45.2 Å². The fraction of sp³-hybridized carbons (Fsp3) is 0.432. The summed E-state index contributed by atoms with van der Waals surface area (Å²) in [6.07, 6.45) is 0.0560. The molecule has 5 N–H and O–H groups in total. The van der Waals surface area contributed by atoms with Crippen LogP contribution in [0.2, 0.25) is 0 Å². The summed E-state index contributed by atoms with van der Waals surface area (Å²) in [5, 5.41) is 15.8. The number of nitrogens with two attached hydrogens (primary N) is 1. The maximum absolute atomic E-state index is 13.8. The van der Waals surface area contributed by atoms with Gasteiger partial charge in [-0.3, -0.25) is 24.2 Å². The van der Waals surface area contributed by atoms with Crippen LogP contribution >= 0.6 is 0 Å². The zero-order valence-electron chi connectivity index (χ0n) is 28.6. The van der Waals surface area contributed by atoms with Crippen molar-refractivity contribution in [1.82, 2.24) is 14.7 Å². The van der Waals surface area contributed by atoms with Gasteiger partial charge in [-0.05, 0) is 62.0 Å². The summed E-state index contributed by atoms with van der Waals surface area (Å²) in [6.45, 7) is 8.86. The smallest absolute Gasteiger partial charge is 0.258 e. The van der Waals surface area contributed by atoms with Gasteiger partial charge in [0.2, 0.25) is 5.91 Å². The number of carbonyl (C=O) groups is 3. The number of aliphatic hydroxyl groups excluding tert-OH is 1. The van der Waals surface area contributed by atoms with Gasteiger partial charge in [0.1, 0.15) is 11.9 Å². The van der Waals surface area contributed by atoms with Crippen molar-refractivity contribution in [3.8, 4) is 5.75 Å². The molecule has 0 aliphatic carbocycles. The Kier molecular flexibility index (Phi) is 12.2. The number of fused-ring (bicyclic) bond motifs is 1. The van der Waals surface area contributed by atoms with Crippen LogP contribution in [0.5, 0.6) is 5.75 Å². The fourth-order valence-corrected chi connectivity index (χ4v) is 6.08. The zero-order chi connectivity index (χ0) is 34.9. The van der Waals surface area contributed by atoms with E-state index in [-0.39, 0.29) is 36.4 Å². The maximum Gasteiger partial charge on any atom is 0.258 e. The Balaban J connectivity index is 1.25. The van der Waals surface area contributed by atoms with E-state index in [0.717, 1.165) is 18.7 Å². The Bertz CT molecular complexity index is 1590. The van der Waals surface area contributed by atoms with Crippen LogP contribution in [0.25, 0.3) is 0 Å². The topological polar surface area (TPSA) is 150 Å². The molecule has 0 unspecified atom stereocenters. The molecule has 12 nitrogen and oxygen atoms in total. The minimum Gasteiger partial charge on any atom is -0.488 e. The third-order valence-electron chi connectivity index (χ3n) is 9.08. The molecule has 0 aromatic heterocycles. The van der Waals surface area contributed by atoms with Gasteiger partial charge in [-0.2, -0.15) is 0 Å². The SMILES string of the molecule is C[C@@H]1CN([C@H](C)CO)C(=O)c2cc(NC(=O)CCN3CCOCC3)ccc2O[C@@H]1CN(C)Cc1ccc(C(=O)Nc2ccccc2N)cc1. The van der Waals surface area contributed by atoms with Crippen molar-refractivity contribution in [2.45, 2.75) is 39.0 Å². The average Bonchev–Trinajstić information content (AvgIpc) is 3.10. The Labute approximate surface area is 288 Å². The average molecular weight is 673 g/mol. The highest BCUT2D eigenvalue weighted by Gasteiger charge is 2.33. The summed E-state index contributed by atoms with van der Waals surface area (Å²) in [5.41, 5.74) is 9.46. The van der Waals surface area contributed by atoms with Gasteiger partial charge in [-0.15, -0.1) is 0 Å². The standard InChI is InChI=1S/C37H48N6O6/c1-25-21-43(26(2)24-44)37(47)30-20-29(39-35(45)14-15-42-16-18-48-19-17-42)12-13-33(30)49-34(25)23-41(3)22-27-8-10-28(11-9-27)36(46)40-32-7-5-4-6-31(32)38/h4-13,20,25-26,34,44H,14-19,21-24,38H2,1-3H3,(H,39,45)(H,40,46)/t25-,26-,34-/m1/s1. The number of hydrogen-bond donors (Lipinski definition) is 4. The predicted octanol–water partition coefficient (Wildman–Crippen LogP) is 3.53. The second-order valence-electron chi connectivity index (χ2n) is 13.0. The highest BCUT2D eigenvalue weighted by Crippen LogP contribution is 2.31. The molecule has 5 rings (SSSR count). The maximum atomic E-state index is 13.8. The third kappa shape index (κ3) is 9.57. The molecule has 0 bridgehead atoms. The van der Waals surface area contributed by atoms with Gasteiger partial charge >= 0.3 is 0 Å². The normalized spacial score (nSPS) is 19.0. The molecule has 0 saturated carbocycles. The number of anilines is 3. The largest absolute Gasteiger partial charge is 0.488 e. The molecule has 0 spiro atoms. The predicted molar refractivity (Wildman–Crippen MR) is 190 cm³/mol. The molecule has 262 valence electrons. The number of ether oxygens (including phenoxy) is 2. The highest BCUT2D eigenvalue weighted by molar-refractivity contribution is 6.05. The molecule has 3 atom stereocenters. The number of nitrogens with zero attached hydrogens (tertiary/aromatic N) is 3. The summed E-state index contributed by atoms with van der Waals surface area (Å²) in [5.74, 6) is -0.233. The van der Waals surface area contributed by atoms with Crippen molar-refractivity contribution in [1.29, 1.82) is 0 Å². The number of nitrogens with one attached hydrogen (secondary N) is 2. The Morgan fingerprint density at radius 1 is 1.06 bits per heavy atom. The van der Waals surface area contributed by atoms with Crippen LogP contribution in [0.4, 0.5) is 17.1 Å². The van der Waals surface area contributed by atoms with Crippen molar-refractivity contribution in [2.75, 3.05) is 76.0 Å². The monoisotopic (exact) mass is 672 g/mol. The number of carbonyl (C=O) groups excluding carboxylic acids is 3. The molecule has 49 heavy (non-hydrogen) atoms. The van der Waals surface area contributed by atoms with E-state index in [4.69, 9.17) is 15.2 Å². The third-order valence-corrected chi connectivity index (χ3v) is 9.08. The van der Waals surface area contributed by atoms with E-state index >= 15 is 0 Å². The Morgan fingerprint density at radius 3 is 2.51 bits per heavy atom. The Morgan fingerprint density at radius 2 is 1.80 bits per heavy atom.